The van der Waals surface area contributed by atoms with Crippen molar-refractivity contribution in [2.45, 2.75) is 19.1 Å². The molecule has 5 rings (SSSR count). The maximum absolute atomic E-state index is 13.0. The normalized spacial score (nSPS) is 15.4. The van der Waals surface area contributed by atoms with Crippen LogP contribution in [0, 0.1) is 0 Å². The van der Waals surface area contributed by atoms with Gasteiger partial charge in [0.05, 0.1) is 23.0 Å². The Hall–Kier alpha value is -3.40. The Kier molecular flexibility index (Phi) is 5.76. The molecule has 1 aliphatic rings. The lowest BCUT2D eigenvalue weighted by Crippen LogP contribution is -2.46. The minimum atomic E-state index is -4.31. The number of aryl methyl sites for hydroxylation is 1. The van der Waals surface area contributed by atoms with Crippen LogP contribution in [0.5, 0.6) is 0 Å². The van der Waals surface area contributed by atoms with E-state index in [0.717, 1.165) is 55.3 Å². The molecule has 0 aliphatic carbocycles. The number of halogens is 3. The molecule has 1 fully saturated rings. The molecule has 33 heavy (non-hydrogen) atoms. The second-order valence-electron chi connectivity index (χ2n) is 8.21. The fourth-order valence-electron chi connectivity index (χ4n) is 4.28. The summed E-state index contributed by atoms with van der Waals surface area (Å²) in [6.45, 7) is 4.80. The fourth-order valence-corrected chi connectivity index (χ4v) is 4.28. The molecule has 1 aliphatic heterocycles. The van der Waals surface area contributed by atoms with Gasteiger partial charge >= 0.3 is 6.18 Å². The first-order valence-corrected chi connectivity index (χ1v) is 10.9. The summed E-state index contributed by atoms with van der Waals surface area (Å²) >= 11 is 0. The van der Waals surface area contributed by atoms with Gasteiger partial charge in [-0.2, -0.15) is 18.3 Å². The average Bonchev–Trinajstić information content (AvgIpc) is 3.49. The van der Waals surface area contributed by atoms with Crippen molar-refractivity contribution in [1.29, 1.82) is 0 Å². The first-order valence-electron chi connectivity index (χ1n) is 10.9. The fraction of sp³-hybridized carbons (Fsp3) is 0.348. The van der Waals surface area contributed by atoms with E-state index in [9.17, 15) is 13.2 Å². The van der Waals surface area contributed by atoms with Gasteiger partial charge in [-0.3, -0.25) is 14.1 Å². The number of hydrogen-bond acceptors (Lipinski definition) is 5. The van der Waals surface area contributed by atoms with E-state index >= 15 is 0 Å². The van der Waals surface area contributed by atoms with Crippen LogP contribution in [0.2, 0.25) is 0 Å². The smallest absolute Gasteiger partial charge is 0.369 e. The molecule has 1 saturated heterocycles. The molecule has 2 aromatic carbocycles. The molecule has 3 heterocycles. The summed E-state index contributed by atoms with van der Waals surface area (Å²) in [5, 5.41) is 13.3. The highest BCUT2D eigenvalue weighted by Crippen LogP contribution is 2.32. The molecule has 0 unspecified atom stereocenters. The van der Waals surface area contributed by atoms with Gasteiger partial charge in [-0.05, 0) is 42.8 Å². The molecule has 0 radical (unpaired) electrons. The Morgan fingerprint density at radius 1 is 0.848 bits per heavy atom. The van der Waals surface area contributed by atoms with Crippen LogP contribution in [-0.2, 0) is 12.7 Å². The number of aromatic nitrogens is 5. The van der Waals surface area contributed by atoms with E-state index in [0.29, 0.717) is 18.8 Å². The molecule has 7 nitrogen and oxygen atoms in total. The molecular formula is C23H24F3N7. The third-order valence-corrected chi connectivity index (χ3v) is 6.10. The lowest BCUT2D eigenvalue weighted by Gasteiger charge is -2.36. The van der Waals surface area contributed by atoms with Crippen LogP contribution >= 0.6 is 0 Å². The number of nitrogens with zero attached hydrogens (tertiary/aromatic N) is 7. The molecule has 0 saturated carbocycles. The van der Waals surface area contributed by atoms with Crippen LogP contribution < -0.4 is 4.90 Å². The maximum Gasteiger partial charge on any atom is 0.416 e. The Balaban J connectivity index is 1.15. The Labute approximate surface area is 189 Å². The topological polar surface area (TPSA) is 55.0 Å². The average molecular weight is 455 g/mol. The van der Waals surface area contributed by atoms with Crippen molar-refractivity contribution in [2.75, 3.05) is 37.6 Å². The highest BCUT2D eigenvalue weighted by molar-refractivity contribution is 5.80. The van der Waals surface area contributed by atoms with E-state index in [4.69, 9.17) is 0 Å². The van der Waals surface area contributed by atoms with Gasteiger partial charge in [0.2, 0.25) is 0 Å². The summed E-state index contributed by atoms with van der Waals surface area (Å²) in [5.41, 5.74) is 2.09. The second kappa shape index (κ2) is 8.86. The molecule has 172 valence electrons. The van der Waals surface area contributed by atoms with E-state index in [1.165, 1.54) is 12.1 Å². The standard InChI is InChI=1S/C23H24F3N7/c24-23(25,26)19-3-1-4-20(13-19)31-11-9-30(10-12-31)7-2-8-33-22-14-21(32-16-27-28-17-32)6-5-18(22)15-29-33/h1,3-6,13-17H,2,7-12H2. The highest BCUT2D eigenvalue weighted by Gasteiger charge is 2.31. The maximum atomic E-state index is 13.0. The van der Waals surface area contributed by atoms with Gasteiger partial charge < -0.3 is 4.90 Å². The van der Waals surface area contributed by atoms with Crippen LogP contribution in [0.4, 0.5) is 18.9 Å². The Morgan fingerprint density at radius 2 is 1.64 bits per heavy atom. The summed E-state index contributed by atoms with van der Waals surface area (Å²) in [7, 11) is 0. The largest absolute Gasteiger partial charge is 0.416 e. The molecule has 0 bridgehead atoms. The third-order valence-electron chi connectivity index (χ3n) is 6.10. The zero-order valence-electron chi connectivity index (χ0n) is 18.0. The van der Waals surface area contributed by atoms with E-state index in [1.807, 2.05) is 32.5 Å². The van der Waals surface area contributed by atoms with Crippen LogP contribution in [0.3, 0.4) is 0 Å². The first kappa shape index (κ1) is 21.4. The number of anilines is 1. The summed E-state index contributed by atoms with van der Waals surface area (Å²) in [6.07, 6.45) is 1.84. The van der Waals surface area contributed by atoms with Crippen molar-refractivity contribution in [2.24, 2.45) is 0 Å². The molecule has 2 aromatic heterocycles. The SMILES string of the molecule is FC(F)(F)c1cccc(N2CCN(CCCn3ncc4ccc(-n5cnnc5)cc43)CC2)c1. The molecule has 0 atom stereocenters. The van der Waals surface area contributed by atoms with E-state index < -0.39 is 11.7 Å². The summed E-state index contributed by atoms with van der Waals surface area (Å²) in [6, 6.07) is 11.7. The van der Waals surface area contributed by atoms with Gasteiger partial charge in [0.1, 0.15) is 12.7 Å². The van der Waals surface area contributed by atoms with Gasteiger partial charge in [-0.1, -0.05) is 6.07 Å². The second-order valence-corrected chi connectivity index (χ2v) is 8.21. The zero-order chi connectivity index (χ0) is 22.8. The van der Waals surface area contributed by atoms with Gasteiger partial charge in [-0.25, -0.2) is 0 Å². The molecule has 10 heteroatoms. The summed E-state index contributed by atoms with van der Waals surface area (Å²) < 4.78 is 42.9. The van der Waals surface area contributed by atoms with Crippen molar-refractivity contribution < 1.29 is 13.2 Å². The van der Waals surface area contributed by atoms with Crippen LogP contribution in [0.25, 0.3) is 16.6 Å². The number of hydrogen-bond donors (Lipinski definition) is 0. The molecule has 0 N–H and O–H groups in total. The number of fused-ring (bicyclic) bond motifs is 1. The summed E-state index contributed by atoms with van der Waals surface area (Å²) in [5.74, 6) is 0. The minimum Gasteiger partial charge on any atom is -0.369 e. The van der Waals surface area contributed by atoms with Crippen LogP contribution in [0.15, 0.2) is 61.3 Å². The molecule has 0 amide bonds. The van der Waals surface area contributed by atoms with Crippen molar-refractivity contribution in [3.8, 4) is 5.69 Å². The van der Waals surface area contributed by atoms with Crippen LogP contribution in [0.1, 0.15) is 12.0 Å². The lowest BCUT2D eigenvalue weighted by molar-refractivity contribution is -0.137. The summed E-state index contributed by atoms with van der Waals surface area (Å²) in [4.78, 5) is 4.39. The van der Waals surface area contributed by atoms with Crippen molar-refractivity contribution in [3.05, 3.63) is 66.9 Å². The van der Waals surface area contributed by atoms with Crippen molar-refractivity contribution >= 4 is 16.6 Å². The predicted molar refractivity (Wildman–Crippen MR) is 119 cm³/mol. The van der Waals surface area contributed by atoms with E-state index in [-0.39, 0.29) is 0 Å². The molecular weight excluding hydrogens is 431 g/mol. The Bertz CT molecular complexity index is 1210. The number of alkyl halides is 3. The number of benzene rings is 2. The van der Waals surface area contributed by atoms with Crippen LogP contribution in [-0.4, -0.2) is 62.2 Å². The zero-order valence-corrected chi connectivity index (χ0v) is 18.0. The number of piperazine rings is 1. The molecule has 0 spiro atoms. The third kappa shape index (κ3) is 4.70. The lowest BCUT2D eigenvalue weighted by atomic mass is 10.1. The van der Waals surface area contributed by atoms with Crippen molar-refractivity contribution in [3.63, 3.8) is 0 Å². The molecule has 4 aromatic rings. The minimum absolute atomic E-state index is 0.596. The number of rotatable bonds is 6. The Morgan fingerprint density at radius 3 is 2.39 bits per heavy atom. The van der Waals surface area contributed by atoms with Gasteiger partial charge in [0.15, 0.2) is 0 Å². The predicted octanol–water partition coefficient (Wildman–Crippen LogP) is 3.85. The van der Waals surface area contributed by atoms with Gasteiger partial charge in [0, 0.05) is 50.3 Å². The highest BCUT2D eigenvalue weighted by atomic mass is 19.4. The van der Waals surface area contributed by atoms with Crippen molar-refractivity contribution in [1.82, 2.24) is 29.4 Å². The quantitative estimate of drug-likeness (QED) is 0.442. The first-order chi connectivity index (χ1) is 16.0. The monoisotopic (exact) mass is 455 g/mol. The van der Waals surface area contributed by atoms with E-state index in [1.54, 1.807) is 18.7 Å². The van der Waals surface area contributed by atoms with Gasteiger partial charge in [-0.15, -0.1) is 10.2 Å². The van der Waals surface area contributed by atoms with E-state index in [2.05, 4.69) is 26.3 Å². The van der Waals surface area contributed by atoms with Gasteiger partial charge in [0.25, 0.3) is 0 Å².